The van der Waals surface area contributed by atoms with E-state index in [1.54, 1.807) is 0 Å². The normalized spacial score (nSPS) is 41.8. The van der Waals surface area contributed by atoms with Crippen molar-refractivity contribution in [3.8, 4) is 0 Å². The van der Waals surface area contributed by atoms with E-state index in [1.807, 2.05) is 0 Å². The van der Waals surface area contributed by atoms with Crippen molar-refractivity contribution in [2.45, 2.75) is 38.2 Å². The smallest absolute Gasteiger partial charge is 0.309 e. The number of cyclic esters (lactones) is 1. The monoisotopic (exact) mass is 266 g/mol. The third-order valence-corrected chi connectivity index (χ3v) is 5.00. The number of carbonyl (C=O) groups excluding carboxylic acids is 3. The molecule has 1 aliphatic heterocycles. The van der Waals surface area contributed by atoms with Gasteiger partial charge in [-0.3, -0.25) is 14.4 Å². The maximum absolute atomic E-state index is 12.5. The van der Waals surface area contributed by atoms with Crippen LogP contribution in [-0.2, 0) is 23.9 Å². The highest BCUT2D eigenvalue weighted by atomic mass is 16.5. The fourth-order valence-electron chi connectivity index (χ4n) is 4.15. The van der Waals surface area contributed by atoms with Crippen LogP contribution < -0.4 is 0 Å². The van der Waals surface area contributed by atoms with Gasteiger partial charge in [-0.25, -0.2) is 0 Å². The Morgan fingerprint density at radius 3 is 2.68 bits per heavy atom. The van der Waals surface area contributed by atoms with Crippen LogP contribution in [0.25, 0.3) is 0 Å². The molecule has 5 unspecified atom stereocenters. The van der Waals surface area contributed by atoms with Crippen molar-refractivity contribution < 1.29 is 23.9 Å². The molecule has 3 aliphatic rings. The molecule has 1 saturated heterocycles. The second kappa shape index (κ2) is 4.94. The summed E-state index contributed by atoms with van der Waals surface area (Å²) in [5.74, 6) is 0.0598. The van der Waals surface area contributed by atoms with E-state index < -0.39 is 6.10 Å². The van der Waals surface area contributed by atoms with E-state index in [0.29, 0.717) is 25.4 Å². The van der Waals surface area contributed by atoms with Gasteiger partial charge in [0.2, 0.25) is 0 Å². The standard InChI is InChI=1S/C14H18O5/c15-7-19-11-4-2-8-1-3-10-9(12(8)13(11)16)5-6-18-14(10)17/h7-12H,1-6H2. The lowest BCUT2D eigenvalue weighted by molar-refractivity contribution is -0.169. The molecule has 0 radical (unpaired) electrons. The summed E-state index contributed by atoms with van der Waals surface area (Å²) in [6.45, 7) is 0.772. The van der Waals surface area contributed by atoms with E-state index in [9.17, 15) is 14.4 Å². The van der Waals surface area contributed by atoms with Crippen LogP contribution >= 0.6 is 0 Å². The molecule has 0 bridgehead atoms. The average molecular weight is 266 g/mol. The van der Waals surface area contributed by atoms with Gasteiger partial charge in [-0.1, -0.05) is 0 Å². The number of fused-ring (bicyclic) bond motifs is 3. The Morgan fingerprint density at radius 2 is 1.89 bits per heavy atom. The Balaban J connectivity index is 1.83. The Hall–Kier alpha value is -1.39. The highest BCUT2D eigenvalue weighted by molar-refractivity contribution is 5.88. The SMILES string of the molecule is O=COC1CCC2CCC3C(=O)OCCC3C2C1=O. The minimum absolute atomic E-state index is 0.0211. The summed E-state index contributed by atoms with van der Waals surface area (Å²) < 4.78 is 10.0. The summed E-state index contributed by atoms with van der Waals surface area (Å²) >= 11 is 0. The number of Topliss-reactive ketones (excluding diaryl/α,β-unsaturated/α-hetero) is 1. The third-order valence-electron chi connectivity index (χ3n) is 5.00. The summed E-state index contributed by atoms with van der Waals surface area (Å²) in [5, 5.41) is 0. The van der Waals surface area contributed by atoms with E-state index in [-0.39, 0.29) is 29.5 Å². The van der Waals surface area contributed by atoms with E-state index >= 15 is 0 Å². The maximum atomic E-state index is 12.5. The second-order valence-electron chi connectivity index (χ2n) is 5.79. The molecule has 19 heavy (non-hydrogen) atoms. The summed E-state index contributed by atoms with van der Waals surface area (Å²) in [5.41, 5.74) is 0. The van der Waals surface area contributed by atoms with Gasteiger partial charge in [-0.2, -0.15) is 0 Å². The van der Waals surface area contributed by atoms with Crippen LogP contribution in [-0.4, -0.2) is 30.9 Å². The van der Waals surface area contributed by atoms with Crippen molar-refractivity contribution in [1.82, 2.24) is 0 Å². The molecular formula is C14H18O5. The summed E-state index contributed by atoms with van der Waals surface area (Å²) in [4.78, 5) is 34.7. The average Bonchev–Trinajstić information content (AvgIpc) is 2.42. The highest BCUT2D eigenvalue weighted by Gasteiger charge is 2.51. The number of rotatable bonds is 2. The second-order valence-corrected chi connectivity index (χ2v) is 5.79. The number of hydrogen-bond donors (Lipinski definition) is 0. The zero-order valence-electron chi connectivity index (χ0n) is 10.7. The third kappa shape index (κ3) is 2.05. The molecule has 2 aliphatic carbocycles. The highest BCUT2D eigenvalue weighted by Crippen LogP contribution is 2.48. The zero-order chi connectivity index (χ0) is 13.4. The predicted octanol–water partition coefficient (Wildman–Crippen LogP) is 1.10. The minimum atomic E-state index is -0.601. The van der Waals surface area contributed by atoms with Crippen LogP contribution in [0, 0.1) is 23.7 Å². The lowest BCUT2D eigenvalue weighted by atomic mass is 9.59. The Kier molecular flexibility index (Phi) is 3.29. The molecule has 3 fully saturated rings. The van der Waals surface area contributed by atoms with E-state index in [0.717, 1.165) is 25.7 Å². The Labute approximate surface area is 111 Å². The predicted molar refractivity (Wildman–Crippen MR) is 63.9 cm³/mol. The van der Waals surface area contributed by atoms with Crippen molar-refractivity contribution >= 4 is 18.2 Å². The van der Waals surface area contributed by atoms with E-state index in [1.165, 1.54) is 0 Å². The molecule has 5 nitrogen and oxygen atoms in total. The molecular weight excluding hydrogens is 248 g/mol. The lowest BCUT2D eigenvalue weighted by Gasteiger charge is -2.46. The first-order valence-corrected chi connectivity index (χ1v) is 7.02. The fraction of sp³-hybridized carbons (Fsp3) is 0.786. The molecule has 0 spiro atoms. The van der Waals surface area contributed by atoms with Gasteiger partial charge in [-0.15, -0.1) is 0 Å². The molecule has 1 heterocycles. The number of esters is 1. The van der Waals surface area contributed by atoms with Crippen LogP contribution in [0.1, 0.15) is 32.1 Å². The Morgan fingerprint density at radius 1 is 1.11 bits per heavy atom. The van der Waals surface area contributed by atoms with Gasteiger partial charge < -0.3 is 9.47 Å². The van der Waals surface area contributed by atoms with Crippen molar-refractivity contribution in [1.29, 1.82) is 0 Å². The maximum Gasteiger partial charge on any atom is 0.309 e. The van der Waals surface area contributed by atoms with Gasteiger partial charge in [0.15, 0.2) is 11.9 Å². The molecule has 5 atom stereocenters. The first-order valence-electron chi connectivity index (χ1n) is 7.02. The van der Waals surface area contributed by atoms with Gasteiger partial charge in [0.1, 0.15) is 0 Å². The molecule has 2 saturated carbocycles. The van der Waals surface area contributed by atoms with E-state index in [4.69, 9.17) is 9.47 Å². The van der Waals surface area contributed by atoms with Crippen molar-refractivity contribution in [3.05, 3.63) is 0 Å². The summed E-state index contributed by atoms with van der Waals surface area (Å²) in [7, 11) is 0. The summed E-state index contributed by atoms with van der Waals surface area (Å²) in [6.07, 6.45) is 3.43. The number of carbonyl (C=O) groups is 3. The lowest BCUT2D eigenvalue weighted by Crippen LogP contribution is -2.51. The largest absolute Gasteiger partial charge is 0.465 e. The van der Waals surface area contributed by atoms with Gasteiger partial charge in [0.25, 0.3) is 6.47 Å². The fourth-order valence-corrected chi connectivity index (χ4v) is 4.15. The quantitative estimate of drug-likeness (QED) is 0.553. The molecule has 0 aromatic rings. The zero-order valence-corrected chi connectivity index (χ0v) is 10.7. The van der Waals surface area contributed by atoms with E-state index in [2.05, 4.69) is 0 Å². The Bertz CT molecular complexity index is 405. The van der Waals surface area contributed by atoms with Gasteiger partial charge in [0.05, 0.1) is 12.5 Å². The molecule has 3 rings (SSSR count). The van der Waals surface area contributed by atoms with Crippen LogP contribution in [0.5, 0.6) is 0 Å². The van der Waals surface area contributed by atoms with Gasteiger partial charge >= 0.3 is 5.97 Å². The topological polar surface area (TPSA) is 69.7 Å². The number of ketones is 1. The molecule has 0 aromatic heterocycles. The molecule has 104 valence electrons. The number of hydrogen-bond acceptors (Lipinski definition) is 5. The minimum Gasteiger partial charge on any atom is -0.465 e. The van der Waals surface area contributed by atoms with Crippen molar-refractivity contribution in [3.63, 3.8) is 0 Å². The van der Waals surface area contributed by atoms with Crippen molar-refractivity contribution in [2.75, 3.05) is 6.61 Å². The first kappa shape index (κ1) is 12.6. The van der Waals surface area contributed by atoms with Gasteiger partial charge in [-0.05, 0) is 43.9 Å². The first-order chi connectivity index (χ1) is 9.22. The van der Waals surface area contributed by atoms with Crippen molar-refractivity contribution in [2.24, 2.45) is 23.7 Å². The molecule has 5 heteroatoms. The van der Waals surface area contributed by atoms with Crippen LogP contribution in [0.3, 0.4) is 0 Å². The van der Waals surface area contributed by atoms with Crippen LogP contribution in [0.4, 0.5) is 0 Å². The molecule has 0 N–H and O–H groups in total. The van der Waals surface area contributed by atoms with Crippen LogP contribution in [0.2, 0.25) is 0 Å². The molecule has 0 amide bonds. The van der Waals surface area contributed by atoms with Crippen LogP contribution in [0.15, 0.2) is 0 Å². The van der Waals surface area contributed by atoms with Gasteiger partial charge in [0, 0.05) is 5.92 Å². The number of ether oxygens (including phenoxy) is 2. The molecule has 0 aromatic carbocycles. The summed E-state index contributed by atoms with van der Waals surface area (Å²) in [6, 6.07) is 0.